The lowest BCUT2D eigenvalue weighted by Gasteiger charge is -2.38. The van der Waals surface area contributed by atoms with Crippen molar-refractivity contribution in [1.29, 1.82) is 0 Å². The maximum absolute atomic E-state index is 15.3. The average Bonchev–Trinajstić information content (AvgIpc) is 3.78. The first-order chi connectivity index (χ1) is 26.7. The number of nitrogens with zero attached hydrogens (tertiary/aromatic N) is 6. The van der Waals surface area contributed by atoms with Gasteiger partial charge in [0.2, 0.25) is 10.0 Å². The summed E-state index contributed by atoms with van der Waals surface area (Å²) in [7, 11) is 0.0792. The van der Waals surface area contributed by atoms with E-state index in [0.29, 0.717) is 62.4 Å². The largest absolute Gasteiger partial charge is 0.494 e. The molecule has 0 aliphatic carbocycles. The second-order valence-electron chi connectivity index (χ2n) is 15.1. The molecule has 0 saturated carbocycles. The number of fused-ring (bicyclic) bond motifs is 4. The molecule has 1 unspecified atom stereocenters. The molecule has 2 aliphatic rings. The highest BCUT2D eigenvalue weighted by molar-refractivity contribution is 7.89. The summed E-state index contributed by atoms with van der Waals surface area (Å²) < 4.78 is 41.4. The van der Waals surface area contributed by atoms with Crippen LogP contribution in [0.5, 0.6) is 5.75 Å². The van der Waals surface area contributed by atoms with E-state index in [9.17, 15) is 8.42 Å². The van der Waals surface area contributed by atoms with E-state index in [2.05, 4.69) is 28.9 Å². The van der Waals surface area contributed by atoms with Crippen molar-refractivity contribution < 1.29 is 17.9 Å². The van der Waals surface area contributed by atoms with Gasteiger partial charge in [0.1, 0.15) is 16.9 Å². The third-order valence-corrected chi connectivity index (χ3v) is 14.6. The molecule has 56 heavy (non-hydrogen) atoms. The Balaban J connectivity index is 1.25. The summed E-state index contributed by atoms with van der Waals surface area (Å²) >= 11 is 13.9. The fraction of sp³-hybridized carbons (Fsp3) is 0.381. The normalized spacial score (nSPS) is 18.0. The molecule has 0 radical (unpaired) electrons. The van der Waals surface area contributed by atoms with Gasteiger partial charge in [0, 0.05) is 84.6 Å². The lowest BCUT2D eigenvalue weighted by molar-refractivity contribution is 0.0951. The van der Waals surface area contributed by atoms with E-state index >= 15 is 4.79 Å². The number of para-hydroxylation sites is 1. The number of nitrogens with one attached hydrogen (secondary N) is 1. The third-order valence-electron chi connectivity index (χ3n) is 11.5. The van der Waals surface area contributed by atoms with E-state index in [1.165, 1.54) is 4.31 Å². The van der Waals surface area contributed by atoms with Gasteiger partial charge in [-0.05, 0) is 94.5 Å². The minimum Gasteiger partial charge on any atom is -0.494 e. The lowest BCUT2D eigenvalue weighted by Crippen LogP contribution is -2.47. The van der Waals surface area contributed by atoms with Crippen molar-refractivity contribution >= 4 is 66.6 Å². The summed E-state index contributed by atoms with van der Waals surface area (Å²) in [5, 5.41) is 10.3. The predicted octanol–water partition coefficient (Wildman–Crippen LogP) is 7.81. The topological polar surface area (TPSA) is 107 Å². The van der Waals surface area contributed by atoms with Crippen LogP contribution in [0, 0.1) is 27.7 Å². The number of benzene rings is 3. The molecule has 1 amide bonds. The molecule has 294 valence electrons. The van der Waals surface area contributed by atoms with Crippen LogP contribution in [0.2, 0.25) is 5.02 Å². The van der Waals surface area contributed by atoms with E-state index < -0.39 is 15.5 Å². The van der Waals surface area contributed by atoms with Crippen LogP contribution in [-0.4, -0.2) is 75.8 Å². The zero-order valence-electron chi connectivity index (χ0n) is 32.8. The first-order valence-electron chi connectivity index (χ1n) is 19.0. The van der Waals surface area contributed by atoms with Crippen LogP contribution < -0.4 is 15.0 Å². The van der Waals surface area contributed by atoms with Gasteiger partial charge in [0.05, 0.1) is 34.4 Å². The summed E-state index contributed by atoms with van der Waals surface area (Å²) in [4.78, 5) is 17.2. The van der Waals surface area contributed by atoms with Crippen LogP contribution in [0.1, 0.15) is 58.0 Å². The number of hydrogen-bond donors (Lipinski definition) is 1. The van der Waals surface area contributed by atoms with Crippen LogP contribution in [0.3, 0.4) is 0 Å². The number of hydrogen-bond acceptors (Lipinski definition) is 6. The first kappa shape index (κ1) is 38.5. The zero-order valence-corrected chi connectivity index (χ0v) is 35.1. The van der Waals surface area contributed by atoms with Crippen molar-refractivity contribution in [1.82, 2.24) is 28.5 Å². The number of anilines is 1. The summed E-state index contributed by atoms with van der Waals surface area (Å²) in [6, 6.07) is 14.9. The van der Waals surface area contributed by atoms with Gasteiger partial charge in [-0.15, -0.1) is 0 Å². The Morgan fingerprint density at radius 2 is 1.70 bits per heavy atom. The maximum Gasteiger partial charge on any atom is 0.276 e. The summed E-state index contributed by atoms with van der Waals surface area (Å²) in [5.41, 5.74) is 8.86. The number of halogens is 2. The lowest BCUT2D eigenvalue weighted by atomic mass is 9.98. The summed E-state index contributed by atoms with van der Waals surface area (Å²) in [5.74, 6) is 0.515. The van der Waals surface area contributed by atoms with Crippen LogP contribution >= 0.6 is 23.2 Å². The zero-order chi connectivity index (χ0) is 39.8. The van der Waals surface area contributed by atoms with E-state index in [4.69, 9.17) is 33.0 Å². The molecular formula is C42H47Cl2N7O4S. The van der Waals surface area contributed by atoms with Gasteiger partial charge >= 0.3 is 0 Å². The Labute approximate surface area is 337 Å². The molecule has 2 aliphatic heterocycles. The molecule has 0 spiro atoms. The second-order valence-corrected chi connectivity index (χ2v) is 17.9. The molecular weight excluding hydrogens is 769 g/mol. The van der Waals surface area contributed by atoms with Crippen molar-refractivity contribution in [3.63, 3.8) is 0 Å². The van der Waals surface area contributed by atoms with Gasteiger partial charge in [0.25, 0.3) is 5.91 Å². The molecule has 6 aromatic rings. The summed E-state index contributed by atoms with van der Waals surface area (Å²) in [6.45, 7) is 12.5. The molecule has 1 N–H and O–H groups in total. The van der Waals surface area contributed by atoms with Crippen molar-refractivity contribution in [2.24, 2.45) is 14.1 Å². The van der Waals surface area contributed by atoms with Crippen LogP contribution in [0.25, 0.3) is 32.9 Å². The highest BCUT2D eigenvalue weighted by Crippen LogP contribution is 2.46. The maximum atomic E-state index is 15.3. The first-order valence-corrected chi connectivity index (χ1v) is 21.3. The number of aromatic nitrogens is 4. The smallest absolute Gasteiger partial charge is 0.276 e. The van der Waals surface area contributed by atoms with Crippen molar-refractivity contribution in [2.45, 2.75) is 63.9 Å². The van der Waals surface area contributed by atoms with Gasteiger partial charge < -0.3 is 19.2 Å². The fourth-order valence-electron chi connectivity index (χ4n) is 8.66. The Hall–Kier alpha value is -4.33. The molecule has 3 aromatic heterocycles. The van der Waals surface area contributed by atoms with Crippen LogP contribution in [0.4, 0.5) is 5.69 Å². The van der Waals surface area contributed by atoms with Gasteiger partial charge in [-0.3, -0.25) is 14.4 Å². The number of amides is 1. The molecule has 11 nitrogen and oxygen atoms in total. The number of alkyl halides is 1. The van der Waals surface area contributed by atoms with Gasteiger partial charge in [-0.25, -0.2) is 8.42 Å². The van der Waals surface area contributed by atoms with Gasteiger partial charge in [0.15, 0.2) is 0 Å². The second kappa shape index (κ2) is 14.6. The molecule has 1 saturated heterocycles. The molecule has 3 aromatic carbocycles. The minimum atomic E-state index is -3.76. The van der Waals surface area contributed by atoms with E-state index in [1.54, 1.807) is 17.0 Å². The number of sulfonamides is 1. The highest BCUT2D eigenvalue weighted by atomic mass is 35.5. The Kier molecular flexibility index (Phi) is 10.0. The number of carbonyl (C=O) groups is 1. The number of aryl methyl sites for hydroxylation is 6. The molecule has 14 heteroatoms. The number of rotatable bonds is 9. The van der Waals surface area contributed by atoms with Crippen molar-refractivity contribution in [2.75, 3.05) is 37.7 Å². The number of ether oxygens (including phenoxy) is 1. The van der Waals surface area contributed by atoms with Crippen LogP contribution in [0.15, 0.2) is 59.6 Å². The number of carbonyl (C=O) groups excluding carboxylic acids is 1. The quantitative estimate of drug-likeness (QED) is 0.0907. The molecule has 0 bridgehead atoms. The molecule has 5 heterocycles. The third kappa shape index (κ3) is 6.21. The minimum absolute atomic E-state index is 0.190. The predicted molar refractivity (Wildman–Crippen MR) is 224 cm³/mol. The SMILES string of the molecule is Cc1cc(OCCCc2c3n(c4c(-c5c(C)nn(C)c5C)cccc24)C(C)[C@@H](Cl)N(c2cn(C)c4ccc(S(=O)(=O)N5CCNCC5)cc24)C3=O)cc(C)c1Cl. The molecule has 2 atom stereocenters. The Morgan fingerprint density at radius 3 is 2.38 bits per heavy atom. The van der Waals surface area contributed by atoms with Gasteiger partial charge in [-0.2, -0.15) is 9.40 Å². The fourth-order valence-corrected chi connectivity index (χ4v) is 10.5. The monoisotopic (exact) mass is 815 g/mol. The van der Waals surface area contributed by atoms with E-state index in [-0.39, 0.29) is 16.8 Å². The van der Waals surface area contributed by atoms with E-state index in [1.807, 2.05) is 81.5 Å². The molecule has 1 fully saturated rings. The van der Waals surface area contributed by atoms with E-state index in [0.717, 1.165) is 66.4 Å². The van der Waals surface area contributed by atoms with Crippen molar-refractivity contribution in [3.05, 3.63) is 93.5 Å². The Bertz CT molecular complexity index is 2630. The van der Waals surface area contributed by atoms with Crippen LogP contribution in [-0.2, 0) is 30.5 Å². The Morgan fingerprint density at radius 1 is 0.982 bits per heavy atom. The van der Waals surface area contributed by atoms with Gasteiger partial charge in [-0.1, -0.05) is 41.4 Å². The number of piperazine rings is 1. The average molecular weight is 817 g/mol. The highest BCUT2D eigenvalue weighted by Gasteiger charge is 2.42. The standard InChI is InChI=1S/C42H47Cl2N7O4S/c1-24-20-29(21-25(2)38(24)43)55-19-9-12-32-31-10-8-11-33(37-26(3)46-48(7)27(37)4)39(31)50-28(5)41(44)51(42(52)40(32)50)36-23-47(6)35-14-13-30(22-34(35)36)56(53,54)49-17-15-45-16-18-49/h8,10-11,13-14,20-23,28,41,45H,9,12,15-19H2,1-7H3/t28?,41-/m0/s1. The van der Waals surface area contributed by atoms with Crippen molar-refractivity contribution in [3.8, 4) is 16.9 Å². The summed E-state index contributed by atoms with van der Waals surface area (Å²) in [6.07, 6.45) is 3.10. The molecule has 8 rings (SSSR count).